The van der Waals surface area contributed by atoms with Crippen LogP contribution < -0.4 is 0 Å². The first-order valence-electron chi connectivity index (χ1n) is 9.95. The number of carbonyl (C=O) groups is 1. The van der Waals surface area contributed by atoms with Gasteiger partial charge in [-0.05, 0) is 57.8 Å². The van der Waals surface area contributed by atoms with Gasteiger partial charge in [0.2, 0.25) is 0 Å². The molecule has 2 fully saturated rings. The number of aryl methyl sites for hydroxylation is 1. The molecular formula is C20H28N6O. The van der Waals surface area contributed by atoms with E-state index in [1.54, 1.807) is 6.07 Å². The Morgan fingerprint density at radius 1 is 1.15 bits per heavy atom. The number of carbonyl (C=O) groups excluding carboxylic acids is 1. The molecule has 1 amide bonds. The van der Waals surface area contributed by atoms with E-state index in [-0.39, 0.29) is 11.8 Å². The fourth-order valence-corrected chi connectivity index (χ4v) is 4.21. The first-order chi connectivity index (χ1) is 13.1. The predicted octanol–water partition coefficient (Wildman–Crippen LogP) is 2.13. The maximum absolute atomic E-state index is 12.9. The van der Waals surface area contributed by atoms with E-state index in [1.165, 1.54) is 12.8 Å². The second kappa shape index (κ2) is 7.76. The van der Waals surface area contributed by atoms with Gasteiger partial charge in [0.25, 0.3) is 5.91 Å². The highest BCUT2D eigenvalue weighted by Crippen LogP contribution is 2.27. The quantitative estimate of drug-likeness (QED) is 0.827. The molecule has 2 aromatic heterocycles. The van der Waals surface area contributed by atoms with Crippen LogP contribution in [0.25, 0.3) is 0 Å². The SMILES string of the molecule is Cc1cccc(C(=O)N2CCC[C@@H](c3nnc(CN4CCCC4)n3C)C2)n1. The van der Waals surface area contributed by atoms with Crippen LogP contribution in [0.5, 0.6) is 0 Å². The number of aromatic nitrogens is 4. The van der Waals surface area contributed by atoms with Crippen molar-refractivity contribution in [1.29, 1.82) is 0 Å². The van der Waals surface area contributed by atoms with E-state index in [1.807, 2.05) is 24.0 Å². The average Bonchev–Trinajstić information content (AvgIpc) is 3.32. The lowest BCUT2D eigenvalue weighted by Gasteiger charge is -2.32. The normalized spacial score (nSPS) is 21.0. The summed E-state index contributed by atoms with van der Waals surface area (Å²) >= 11 is 0. The number of nitrogens with zero attached hydrogens (tertiary/aromatic N) is 6. The molecule has 4 heterocycles. The molecule has 0 saturated carbocycles. The lowest BCUT2D eigenvalue weighted by atomic mass is 9.97. The molecule has 2 aliphatic heterocycles. The third-order valence-corrected chi connectivity index (χ3v) is 5.74. The smallest absolute Gasteiger partial charge is 0.272 e. The van der Waals surface area contributed by atoms with E-state index in [0.717, 1.165) is 56.4 Å². The number of pyridine rings is 1. The monoisotopic (exact) mass is 368 g/mol. The number of hydrogen-bond donors (Lipinski definition) is 0. The maximum atomic E-state index is 12.9. The van der Waals surface area contributed by atoms with Gasteiger partial charge in [0.15, 0.2) is 0 Å². The minimum absolute atomic E-state index is 0.0165. The van der Waals surface area contributed by atoms with Crippen LogP contribution in [0.3, 0.4) is 0 Å². The second-order valence-corrected chi connectivity index (χ2v) is 7.77. The predicted molar refractivity (Wildman–Crippen MR) is 102 cm³/mol. The summed E-state index contributed by atoms with van der Waals surface area (Å²) in [7, 11) is 2.06. The van der Waals surface area contributed by atoms with Crippen molar-refractivity contribution in [1.82, 2.24) is 29.5 Å². The van der Waals surface area contributed by atoms with Gasteiger partial charge in [-0.1, -0.05) is 6.07 Å². The first kappa shape index (κ1) is 18.1. The van der Waals surface area contributed by atoms with Gasteiger partial charge < -0.3 is 9.47 Å². The summed E-state index contributed by atoms with van der Waals surface area (Å²) in [6.07, 6.45) is 4.58. The summed E-state index contributed by atoms with van der Waals surface area (Å²) in [6, 6.07) is 5.61. The zero-order valence-corrected chi connectivity index (χ0v) is 16.3. The van der Waals surface area contributed by atoms with E-state index >= 15 is 0 Å². The molecule has 7 nitrogen and oxygen atoms in total. The van der Waals surface area contributed by atoms with E-state index in [9.17, 15) is 4.79 Å². The van der Waals surface area contributed by atoms with Crippen molar-refractivity contribution in [3.8, 4) is 0 Å². The van der Waals surface area contributed by atoms with Crippen molar-refractivity contribution in [3.63, 3.8) is 0 Å². The minimum atomic E-state index is 0.0165. The fourth-order valence-electron chi connectivity index (χ4n) is 4.21. The van der Waals surface area contributed by atoms with E-state index in [0.29, 0.717) is 12.2 Å². The third kappa shape index (κ3) is 3.88. The zero-order valence-electron chi connectivity index (χ0n) is 16.3. The largest absolute Gasteiger partial charge is 0.337 e. The molecule has 2 aromatic rings. The van der Waals surface area contributed by atoms with Crippen molar-refractivity contribution in [2.45, 2.75) is 45.1 Å². The van der Waals surface area contributed by atoms with Gasteiger partial charge in [-0.3, -0.25) is 9.69 Å². The van der Waals surface area contributed by atoms with Crippen molar-refractivity contribution in [2.75, 3.05) is 26.2 Å². The standard InChI is InChI=1S/C20H28N6O/c1-15-7-5-9-17(21-15)20(27)26-12-6-8-16(13-26)19-23-22-18(24(19)2)14-25-10-3-4-11-25/h5,7,9,16H,3-4,6,8,10-14H2,1-2H3/t16-/m1/s1. The Morgan fingerprint density at radius 2 is 1.96 bits per heavy atom. The lowest BCUT2D eigenvalue weighted by molar-refractivity contribution is 0.0697. The van der Waals surface area contributed by atoms with Crippen LogP contribution in [0, 0.1) is 6.92 Å². The summed E-state index contributed by atoms with van der Waals surface area (Å²) in [4.78, 5) is 21.6. The highest BCUT2D eigenvalue weighted by atomic mass is 16.2. The molecule has 0 aromatic carbocycles. The van der Waals surface area contributed by atoms with E-state index < -0.39 is 0 Å². The van der Waals surface area contributed by atoms with Crippen LogP contribution in [-0.4, -0.2) is 61.6 Å². The Kier molecular flexibility index (Phi) is 5.20. The Bertz CT molecular complexity index is 811. The highest BCUT2D eigenvalue weighted by molar-refractivity contribution is 5.92. The molecule has 0 aliphatic carbocycles. The van der Waals surface area contributed by atoms with Gasteiger partial charge in [-0.2, -0.15) is 0 Å². The van der Waals surface area contributed by atoms with Crippen LogP contribution in [0.4, 0.5) is 0 Å². The number of piperidine rings is 1. The van der Waals surface area contributed by atoms with Crippen molar-refractivity contribution < 1.29 is 4.79 Å². The van der Waals surface area contributed by atoms with Crippen molar-refractivity contribution >= 4 is 5.91 Å². The molecule has 0 unspecified atom stereocenters. The van der Waals surface area contributed by atoms with Gasteiger partial charge in [0.1, 0.15) is 17.3 Å². The number of amides is 1. The fraction of sp³-hybridized carbons (Fsp3) is 0.600. The van der Waals surface area contributed by atoms with Gasteiger partial charge in [0, 0.05) is 31.7 Å². The average molecular weight is 368 g/mol. The molecule has 0 radical (unpaired) electrons. The topological polar surface area (TPSA) is 67.2 Å². The molecule has 2 saturated heterocycles. The van der Waals surface area contributed by atoms with Crippen LogP contribution in [0.2, 0.25) is 0 Å². The number of rotatable bonds is 4. The molecule has 1 atom stereocenters. The molecule has 0 spiro atoms. The molecule has 27 heavy (non-hydrogen) atoms. The van der Waals surface area contributed by atoms with E-state index in [4.69, 9.17) is 0 Å². The Hall–Kier alpha value is -2.28. The molecule has 0 bridgehead atoms. The van der Waals surface area contributed by atoms with Crippen molar-refractivity contribution in [3.05, 3.63) is 41.2 Å². The molecular weight excluding hydrogens is 340 g/mol. The first-order valence-corrected chi connectivity index (χ1v) is 9.95. The Morgan fingerprint density at radius 3 is 2.74 bits per heavy atom. The third-order valence-electron chi connectivity index (χ3n) is 5.74. The minimum Gasteiger partial charge on any atom is -0.337 e. The molecule has 4 rings (SSSR count). The van der Waals surface area contributed by atoms with Gasteiger partial charge >= 0.3 is 0 Å². The Balaban J connectivity index is 1.46. The van der Waals surface area contributed by atoms with Crippen LogP contribution in [0.15, 0.2) is 18.2 Å². The highest BCUT2D eigenvalue weighted by Gasteiger charge is 2.29. The van der Waals surface area contributed by atoms with Gasteiger partial charge in [0.05, 0.1) is 6.54 Å². The Labute approximate surface area is 160 Å². The number of likely N-dealkylation sites (tertiary alicyclic amines) is 2. The summed E-state index contributed by atoms with van der Waals surface area (Å²) in [5.41, 5.74) is 1.40. The van der Waals surface area contributed by atoms with E-state index in [2.05, 4.69) is 31.7 Å². The summed E-state index contributed by atoms with van der Waals surface area (Å²) in [5, 5.41) is 8.94. The molecule has 2 aliphatic rings. The molecule has 0 N–H and O–H groups in total. The van der Waals surface area contributed by atoms with Crippen LogP contribution in [0.1, 0.15) is 59.4 Å². The summed E-state index contributed by atoms with van der Waals surface area (Å²) < 4.78 is 2.14. The molecule has 144 valence electrons. The van der Waals surface area contributed by atoms with Crippen LogP contribution in [-0.2, 0) is 13.6 Å². The second-order valence-electron chi connectivity index (χ2n) is 7.77. The van der Waals surface area contributed by atoms with Gasteiger partial charge in [-0.25, -0.2) is 4.98 Å². The summed E-state index contributed by atoms with van der Waals surface area (Å²) in [6.45, 7) is 6.55. The molecule has 7 heteroatoms. The number of hydrogen-bond acceptors (Lipinski definition) is 5. The van der Waals surface area contributed by atoms with Crippen molar-refractivity contribution in [2.24, 2.45) is 7.05 Å². The summed E-state index contributed by atoms with van der Waals surface area (Å²) in [5.74, 6) is 2.27. The maximum Gasteiger partial charge on any atom is 0.272 e. The zero-order chi connectivity index (χ0) is 18.8. The van der Waals surface area contributed by atoms with Gasteiger partial charge in [-0.15, -0.1) is 10.2 Å². The van der Waals surface area contributed by atoms with Crippen LogP contribution >= 0.6 is 0 Å². The lowest BCUT2D eigenvalue weighted by Crippen LogP contribution is -2.40.